The molecule has 0 aromatic heterocycles. The minimum Gasteiger partial charge on any atom is -0.508 e. The average Bonchev–Trinajstić information content (AvgIpc) is 0.789. The molecule has 0 bridgehead atoms. The molecular formula is C103H152N4O29. The van der Waals surface area contributed by atoms with Crippen molar-refractivity contribution in [3.8, 4) is 75.1 Å². The van der Waals surface area contributed by atoms with Gasteiger partial charge >= 0.3 is 35.8 Å². The summed E-state index contributed by atoms with van der Waals surface area (Å²) in [5.41, 5.74) is 12.0. The first-order chi connectivity index (χ1) is 61.9. The van der Waals surface area contributed by atoms with Crippen LogP contribution in [0.4, 0.5) is 0 Å². The number of hydrogen-bond acceptors (Lipinski definition) is 30. The Morgan fingerprint density at radius 2 is 0.684 bits per heavy atom. The Labute approximate surface area is 802 Å². The molecule has 6 aromatic rings. The summed E-state index contributed by atoms with van der Waals surface area (Å²) in [6.07, 6.45) is 5.72. The van der Waals surface area contributed by atoms with Gasteiger partial charge in [0.15, 0.2) is 25.1 Å². The molecule has 33 nitrogen and oxygen atoms in total. The Bertz CT molecular complexity index is 4750. The second-order valence-electron chi connectivity index (χ2n) is 39.7. The SMILES string of the molecule is C.CC(C)(C)C(=O)Oc1cc(C=O)c(O)c(C(C)(C)C)c1.CC(C)(C)C(=O)Oc1ccc(O)c(C(C)(C)C)c1.CC(C)(C)c1cc(O)cc(C=O)c1O.CC(C)(C)c1cc(O)ccc1O.CC(C)(C)c1cc(OC(=O)CCOCCC(=O)Oc2cc(C=O)c(O)c(C(C)(C)C)c2)cc(C=O)c1O.C[C@H](O)[C@H](C)O.N[C@@H]1CCCC[C@H]1N.O=C(O)CCOCCC(=O)O.[C-]#[N+]CCOCCC#N. The molecule has 136 heavy (non-hydrogen) atoms. The van der Waals surface area contributed by atoms with Crippen molar-refractivity contribution in [2.24, 2.45) is 22.3 Å². The Morgan fingerprint density at radius 1 is 0.404 bits per heavy atom. The Morgan fingerprint density at radius 3 is 0.971 bits per heavy atom. The lowest BCUT2D eigenvalue weighted by atomic mass is 9.85. The summed E-state index contributed by atoms with van der Waals surface area (Å²) in [4.78, 5) is 115. The second-order valence-corrected chi connectivity index (χ2v) is 39.7. The van der Waals surface area contributed by atoms with E-state index in [4.69, 9.17) is 76.9 Å². The van der Waals surface area contributed by atoms with Gasteiger partial charge in [-0.05, 0) is 186 Å². The number of rotatable bonds is 25. The van der Waals surface area contributed by atoms with Gasteiger partial charge in [-0.2, -0.15) is 5.26 Å². The van der Waals surface area contributed by atoms with Crippen molar-refractivity contribution in [1.82, 2.24) is 0 Å². The van der Waals surface area contributed by atoms with Crippen molar-refractivity contribution in [2.45, 2.75) is 302 Å². The lowest BCUT2D eigenvalue weighted by Crippen LogP contribution is -2.43. The Balaban J connectivity index is -0.00000155. The monoisotopic (exact) mass is 1910 g/mol. The molecule has 0 aliphatic heterocycles. The third kappa shape index (κ3) is 51.0. The molecule has 0 spiro atoms. The minimum absolute atomic E-state index is 0. The summed E-state index contributed by atoms with van der Waals surface area (Å²) >= 11 is 0. The number of esters is 4. The maximum absolute atomic E-state index is 12.2. The number of phenols is 8. The van der Waals surface area contributed by atoms with E-state index < -0.39 is 57.7 Å². The number of nitrogens with zero attached hydrogens (tertiary/aromatic N) is 2. The molecular weight excluding hydrogens is 1760 g/mol. The number of carboxylic acids is 2. The van der Waals surface area contributed by atoms with E-state index >= 15 is 0 Å². The van der Waals surface area contributed by atoms with Crippen molar-refractivity contribution in [3.05, 3.63) is 152 Å². The van der Waals surface area contributed by atoms with Crippen LogP contribution in [0, 0.1) is 28.7 Å². The Hall–Kier alpha value is -12.1. The number of carboxylic acid groups (broad SMARTS) is 2. The van der Waals surface area contributed by atoms with Crippen LogP contribution in [0.25, 0.3) is 4.85 Å². The number of aliphatic hydroxyl groups excluding tert-OH is 2. The average molecular weight is 1910 g/mol. The zero-order valence-electron chi connectivity index (χ0n) is 83.4. The third-order valence-electron chi connectivity index (χ3n) is 19.0. The van der Waals surface area contributed by atoms with E-state index in [-0.39, 0.29) is 191 Å². The molecule has 0 unspecified atom stereocenters. The highest BCUT2D eigenvalue weighted by Gasteiger charge is 2.31. The molecule has 6 aromatic carbocycles. The third-order valence-corrected chi connectivity index (χ3v) is 19.0. The lowest BCUT2D eigenvalue weighted by Gasteiger charge is -2.24. The number of aldehydes is 4. The first kappa shape index (κ1) is 128. The van der Waals surface area contributed by atoms with Gasteiger partial charge in [0.1, 0.15) is 75.6 Å². The highest BCUT2D eigenvalue weighted by atomic mass is 16.6. The smallest absolute Gasteiger partial charge is 0.316 e. The fraction of sp³-hybridized carbons (Fsp3) is 0.534. The molecule has 4 atom stereocenters. The van der Waals surface area contributed by atoms with Crippen LogP contribution in [0.15, 0.2) is 84.9 Å². The Kier molecular flexibility index (Phi) is 56.2. The van der Waals surface area contributed by atoms with E-state index in [2.05, 4.69) is 4.85 Å². The lowest BCUT2D eigenvalue weighted by molar-refractivity contribution is -0.143. The molecule has 7 rings (SSSR count). The van der Waals surface area contributed by atoms with Crippen LogP contribution in [-0.2, 0) is 75.5 Å². The predicted molar refractivity (Wildman–Crippen MR) is 520 cm³/mol. The summed E-state index contributed by atoms with van der Waals surface area (Å²) in [7, 11) is 0. The number of benzene rings is 6. The number of aliphatic hydroxyl groups is 2. The summed E-state index contributed by atoms with van der Waals surface area (Å²) in [5, 5.41) is 119. The summed E-state index contributed by atoms with van der Waals surface area (Å²) < 4.78 is 36.1. The molecule has 1 aliphatic carbocycles. The quantitative estimate of drug-likeness (QED) is 0.00632. The number of phenolic OH excluding ortho intramolecular Hbond substituents is 8. The number of aromatic hydroxyl groups is 8. The van der Waals surface area contributed by atoms with Crippen LogP contribution >= 0.6 is 0 Å². The highest BCUT2D eigenvalue weighted by molar-refractivity contribution is 5.86. The van der Waals surface area contributed by atoms with E-state index in [0.717, 1.165) is 24.0 Å². The van der Waals surface area contributed by atoms with E-state index in [1.165, 1.54) is 67.4 Å². The molecule has 1 saturated carbocycles. The van der Waals surface area contributed by atoms with Crippen LogP contribution in [0.1, 0.15) is 320 Å². The zero-order chi connectivity index (χ0) is 105. The van der Waals surface area contributed by atoms with Crippen LogP contribution < -0.4 is 30.4 Å². The largest absolute Gasteiger partial charge is 0.508 e. The summed E-state index contributed by atoms with van der Waals surface area (Å²) in [5.74, 6) is -2.53. The molecule has 0 radical (unpaired) electrons. The zero-order valence-corrected chi connectivity index (χ0v) is 83.4. The van der Waals surface area contributed by atoms with E-state index in [0.29, 0.717) is 79.3 Å². The van der Waals surface area contributed by atoms with Crippen molar-refractivity contribution in [1.29, 1.82) is 5.26 Å². The van der Waals surface area contributed by atoms with Gasteiger partial charge in [-0.3, -0.25) is 47.9 Å². The van der Waals surface area contributed by atoms with E-state index in [1.54, 1.807) is 85.7 Å². The standard InChI is InChI=1S/C28H34O9.C16H22O4.C15H22O3.C11H14O3.C10H14O2.C6H8N2O.C6H14N2.C6H10O5.C4H10O2.CH4/c1-27(2,3)21-13-19(11-17(15-29)25(21)33)36-23(31)7-9-35-10-8-24(32)37-20-12-18(16-30)26(34)22(14-20)28(4,5)6;1-15(2,3)12-8-11(7-10(9-17)13(12)18)20-14(19)16(4,5)6;1-14(2,3)11-9-10(7-8-12(11)16)18-13(17)15(4,5)6;1-11(2,3)9-5-8(13)4-7(6-12)10(9)14;1-10(2,3)8-6-7(11)4-5-9(8)12;1-8-4-6-9-5-2-3-7;7-5-3-1-2-4-6(5)8;7-5(8)1-3-11-4-2-6(9)10;1-3(5)4(2)6;/h11-16,33-34H,7-10H2,1-6H3;7-9,18H,1-6H3;7-9,16H,1-6H3;4-6,13-14H,1-3H3;4-6,11-12H,1-3H3;2,4-6H2;5-6H,1-4,7-8H2;1-4H2,(H,7,8)(H,9,10);3-6H,1-2H3;1H4/t;;;;;;5-,6-;;3-,4-;/m......1.0./s1. The van der Waals surface area contributed by atoms with Crippen molar-refractivity contribution >= 4 is 61.0 Å². The van der Waals surface area contributed by atoms with Gasteiger partial charge in [-0.1, -0.05) is 145 Å². The molecule has 1 aliphatic rings. The van der Waals surface area contributed by atoms with Crippen molar-refractivity contribution in [3.63, 3.8) is 0 Å². The number of nitrogens with two attached hydrogens (primary N) is 2. The van der Waals surface area contributed by atoms with Crippen LogP contribution in [0.3, 0.4) is 0 Å². The summed E-state index contributed by atoms with van der Waals surface area (Å²) in [6, 6.07) is 23.3. The topological polar surface area (TPSA) is 558 Å². The van der Waals surface area contributed by atoms with Gasteiger partial charge in [0.25, 0.3) is 0 Å². The van der Waals surface area contributed by atoms with Gasteiger partial charge in [0, 0.05) is 45.5 Å². The maximum Gasteiger partial charge on any atom is 0.316 e. The van der Waals surface area contributed by atoms with Crippen molar-refractivity contribution < 1.29 is 142 Å². The summed E-state index contributed by atoms with van der Waals surface area (Å²) in [6.45, 7) is 56.0. The molecule has 0 amide bonds. The van der Waals surface area contributed by atoms with Crippen molar-refractivity contribution in [2.75, 3.05) is 46.2 Å². The van der Waals surface area contributed by atoms with Crippen LogP contribution in [-0.4, -0.2) is 193 Å². The number of hydrogen-bond donors (Lipinski definition) is 14. The highest BCUT2D eigenvalue weighted by Crippen LogP contribution is 2.42. The van der Waals surface area contributed by atoms with Gasteiger partial charge in [0.2, 0.25) is 6.54 Å². The fourth-order valence-electron chi connectivity index (χ4n) is 10.9. The van der Waals surface area contributed by atoms with Gasteiger partial charge in [-0.15, -0.1) is 0 Å². The minimum atomic E-state index is -0.944. The number of carbonyl (C=O) groups excluding carboxylic acids is 8. The van der Waals surface area contributed by atoms with Crippen LogP contribution in [0.5, 0.6) is 69.0 Å². The molecule has 33 heteroatoms. The maximum atomic E-state index is 12.2. The number of aliphatic carboxylic acids is 2. The normalized spacial score (nSPS) is 13.3. The molecule has 0 heterocycles. The predicted octanol–water partition coefficient (Wildman–Crippen LogP) is 17.7. The first-order valence-electron chi connectivity index (χ1n) is 43.9. The van der Waals surface area contributed by atoms with Gasteiger partial charge in [-0.25, -0.2) is 6.57 Å². The molecule has 0 saturated heterocycles. The number of nitriles is 1. The second kappa shape index (κ2) is 59.7. The van der Waals surface area contributed by atoms with Gasteiger partial charge < -0.3 is 111 Å². The van der Waals surface area contributed by atoms with Crippen LogP contribution in [0.2, 0.25) is 0 Å². The first-order valence-corrected chi connectivity index (χ1v) is 43.9. The fourth-order valence-corrected chi connectivity index (χ4v) is 10.9. The van der Waals surface area contributed by atoms with E-state index in [1.807, 2.05) is 131 Å². The molecule has 1 fully saturated rings. The van der Waals surface area contributed by atoms with Gasteiger partial charge in [0.05, 0.1) is 116 Å². The number of ether oxygens (including phenoxy) is 7. The molecule has 16 N–H and O–H groups in total. The molecule has 758 valence electrons. The van der Waals surface area contributed by atoms with E-state index in [9.17, 15) is 88.8 Å². The number of carbonyl (C=O) groups is 10.